The number of hydrogen-bond donors (Lipinski definition) is 3. The monoisotopic (exact) mass is 567 g/mol. The summed E-state index contributed by atoms with van der Waals surface area (Å²) < 4.78 is 20.7. The first-order valence-electron chi connectivity index (χ1n) is 13.2. The summed E-state index contributed by atoms with van der Waals surface area (Å²) in [5.41, 5.74) is 2.74. The van der Waals surface area contributed by atoms with Gasteiger partial charge in [-0.25, -0.2) is 14.4 Å². The van der Waals surface area contributed by atoms with Crippen LogP contribution < -0.4 is 10.6 Å². The normalized spacial score (nSPS) is 16.9. The number of carbonyl (C=O) groups is 2. The fraction of sp³-hybridized carbons (Fsp3) is 0.379. The highest BCUT2D eigenvalue weighted by molar-refractivity contribution is 6.33. The first-order valence-corrected chi connectivity index (χ1v) is 13.6. The lowest BCUT2D eigenvalue weighted by atomic mass is 10.0. The zero-order chi connectivity index (χ0) is 28.4. The maximum atomic E-state index is 15.3. The van der Waals surface area contributed by atoms with Crippen LogP contribution >= 0.6 is 11.6 Å². The van der Waals surface area contributed by atoms with E-state index in [1.54, 1.807) is 13.0 Å². The average molecular weight is 568 g/mol. The van der Waals surface area contributed by atoms with Gasteiger partial charge >= 0.3 is 0 Å². The maximum absolute atomic E-state index is 15.3. The van der Waals surface area contributed by atoms with E-state index in [-0.39, 0.29) is 35.3 Å². The first-order chi connectivity index (χ1) is 19.2. The summed E-state index contributed by atoms with van der Waals surface area (Å²) in [6.07, 6.45) is 3.08. The molecule has 40 heavy (non-hydrogen) atoms. The Morgan fingerprint density at radius 2 is 2.05 bits per heavy atom. The highest BCUT2D eigenvalue weighted by Gasteiger charge is 2.37. The summed E-state index contributed by atoms with van der Waals surface area (Å²) >= 11 is 6.39. The van der Waals surface area contributed by atoms with Crippen LogP contribution in [0.15, 0.2) is 42.6 Å². The zero-order valence-corrected chi connectivity index (χ0v) is 23.0. The molecule has 0 spiro atoms. The lowest BCUT2D eigenvalue weighted by molar-refractivity contribution is -0.126. The van der Waals surface area contributed by atoms with Gasteiger partial charge in [0.25, 0.3) is 5.91 Å². The van der Waals surface area contributed by atoms with Crippen LogP contribution in [0, 0.1) is 12.7 Å². The number of aryl methyl sites for hydroxylation is 1. The number of aliphatic hydroxyl groups excluding tert-OH is 1. The van der Waals surface area contributed by atoms with E-state index in [0.29, 0.717) is 30.4 Å². The minimum atomic E-state index is -0.903. The molecule has 1 saturated heterocycles. The smallest absolute Gasteiger partial charge is 0.255 e. The lowest BCUT2D eigenvalue weighted by Gasteiger charge is -2.26. The molecule has 0 unspecified atom stereocenters. The standard InChI is InChI=1S/C29H31ClFN5O4/c1-16-4-3-5-18(10-16)25(15-37)34-27(38)17(2)36-14-22-21(28(36)39)11-19(12-24(22)31)26-23(30)13-32-29(35-26)33-20-6-8-40-9-7-20/h3-5,10-13,17,20,25,37H,6-9,14-15H2,1-2H3,(H,34,38)(H,32,33,35)/t17-,25-/m1/s1. The van der Waals surface area contributed by atoms with Crippen LogP contribution in [0.2, 0.25) is 5.02 Å². The molecular weight excluding hydrogens is 537 g/mol. The number of aliphatic hydroxyl groups is 1. The van der Waals surface area contributed by atoms with Crippen molar-refractivity contribution in [2.24, 2.45) is 0 Å². The highest BCUT2D eigenvalue weighted by Crippen LogP contribution is 2.34. The zero-order valence-electron chi connectivity index (χ0n) is 22.3. The molecule has 2 amide bonds. The van der Waals surface area contributed by atoms with Gasteiger partial charge in [-0.2, -0.15) is 0 Å². The van der Waals surface area contributed by atoms with Crippen LogP contribution in [-0.2, 0) is 16.1 Å². The number of nitrogens with one attached hydrogen (secondary N) is 2. The van der Waals surface area contributed by atoms with Gasteiger partial charge in [0.05, 0.1) is 36.1 Å². The molecule has 2 aliphatic heterocycles. The molecule has 1 aromatic heterocycles. The molecule has 3 aromatic rings. The van der Waals surface area contributed by atoms with Crippen molar-refractivity contribution in [2.45, 2.75) is 51.4 Å². The fourth-order valence-electron chi connectivity index (χ4n) is 5.05. The molecule has 0 radical (unpaired) electrons. The van der Waals surface area contributed by atoms with Crippen molar-refractivity contribution >= 4 is 29.4 Å². The van der Waals surface area contributed by atoms with Crippen molar-refractivity contribution in [3.05, 3.63) is 75.7 Å². The lowest BCUT2D eigenvalue weighted by Crippen LogP contribution is -2.46. The van der Waals surface area contributed by atoms with E-state index in [9.17, 15) is 14.7 Å². The Morgan fingerprint density at radius 3 is 2.77 bits per heavy atom. The van der Waals surface area contributed by atoms with Crippen LogP contribution in [0.5, 0.6) is 0 Å². The molecule has 210 valence electrons. The third-order valence-corrected chi connectivity index (χ3v) is 7.65. The fourth-order valence-corrected chi connectivity index (χ4v) is 5.25. The number of hydrogen-bond acceptors (Lipinski definition) is 7. The maximum Gasteiger partial charge on any atom is 0.255 e. The topological polar surface area (TPSA) is 117 Å². The van der Waals surface area contributed by atoms with Gasteiger partial charge in [0.1, 0.15) is 11.9 Å². The summed E-state index contributed by atoms with van der Waals surface area (Å²) in [6, 6.07) is 8.92. The van der Waals surface area contributed by atoms with Crippen molar-refractivity contribution < 1.29 is 23.8 Å². The second-order valence-corrected chi connectivity index (χ2v) is 10.6. The van der Waals surface area contributed by atoms with Crippen molar-refractivity contribution in [2.75, 3.05) is 25.1 Å². The Labute approximate surface area is 236 Å². The number of carbonyl (C=O) groups excluding carboxylic acids is 2. The van der Waals surface area contributed by atoms with Gasteiger partial charge in [0.2, 0.25) is 11.9 Å². The van der Waals surface area contributed by atoms with Gasteiger partial charge in [-0.05, 0) is 44.4 Å². The van der Waals surface area contributed by atoms with E-state index in [1.165, 1.54) is 17.2 Å². The Kier molecular flexibility index (Phi) is 8.30. The molecule has 3 heterocycles. The summed E-state index contributed by atoms with van der Waals surface area (Å²) in [6.45, 7) is 4.43. The molecule has 9 nitrogen and oxygen atoms in total. The Hall–Kier alpha value is -3.60. The summed E-state index contributed by atoms with van der Waals surface area (Å²) in [5.74, 6) is -1.15. The number of anilines is 1. The summed E-state index contributed by atoms with van der Waals surface area (Å²) in [4.78, 5) is 36.6. The Bertz CT molecular complexity index is 1430. The van der Waals surface area contributed by atoms with Gasteiger partial charge < -0.3 is 25.4 Å². The molecule has 0 saturated carbocycles. The number of nitrogens with zero attached hydrogens (tertiary/aromatic N) is 3. The minimum Gasteiger partial charge on any atom is -0.394 e. The summed E-state index contributed by atoms with van der Waals surface area (Å²) in [5, 5.41) is 16.2. The number of rotatable bonds is 8. The Morgan fingerprint density at radius 1 is 1.27 bits per heavy atom. The molecule has 1 fully saturated rings. The third-order valence-electron chi connectivity index (χ3n) is 7.38. The quantitative estimate of drug-likeness (QED) is 0.376. The Balaban J connectivity index is 1.35. The molecule has 11 heteroatoms. The molecular formula is C29H31ClFN5O4. The van der Waals surface area contributed by atoms with Crippen molar-refractivity contribution in [1.29, 1.82) is 0 Å². The van der Waals surface area contributed by atoms with Crippen LogP contribution in [-0.4, -0.2) is 63.7 Å². The molecule has 2 aliphatic rings. The van der Waals surface area contributed by atoms with Gasteiger partial charge in [0, 0.05) is 35.9 Å². The van der Waals surface area contributed by atoms with Crippen LogP contribution in [0.3, 0.4) is 0 Å². The largest absolute Gasteiger partial charge is 0.394 e. The van der Waals surface area contributed by atoms with Crippen LogP contribution in [0.4, 0.5) is 10.3 Å². The average Bonchev–Trinajstić information content (AvgIpc) is 3.29. The van der Waals surface area contributed by atoms with Gasteiger partial charge in [-0.15, -0.1) is 0 Å². The second-order valence-electron chi connectivity index (χ2n) is 10.2. The van der Waals surface area contributed by atoms with Crippen LogP contribution in [0.1, 0.15) is 52.9 Å². The third kappa shape index (κ3) is 5.79. The number of halogens is 2. The van der Waals surface area contributed by atoms with Crippen molar-refractivity contribution in [3.8, 4) is 11.3 Å². The number of benzene rings is 2. The molecule has 3 N–H and O–H groups in total. The van der Waals surface area contributed by atoms with Crippen LogP contribution in [0.25, 0.3) is 11.3 Å². The van der Waals surface area contributed by atoms with E-state index < -0.39 is 29.7 Å². The van der Waals surface area contributed by atoms with Gasteiger partial charge in [-0.3, -0.25) is 9.59 Å². The molecule has 2 atom stereocenters. The number of aromatic nitrogens is 2. The van der Waals surface area contributed by atoms with Gasteiger partial charge in [-0.1, -0.05) is 41.4 Å². The summed E-state index contributed by atoms with van der Waals surface area (Å²) in [7, 11) is 0. The predicted octanol–water partition coefficient (Wildman–Crippen LogP) is 4.03. The SMILES string of the molecule is Cc1cccc([C@@H](CO)NC(=O)[C@@H](C)N2Cc3c(F)cc(-c4nc(NC5CCOCC5)ncc4Cl)cc3C2=O)c1. The van der Waals surface area contributed by atoms with Crippen molar-refractivity contribution in [1.82, 2.24) is 20.2 Å². The van der Waals surface area contributed by atoms with E-state index in [2.05, 4.69) is 20.6 Å². The van der Waals surface area contributed by atoms with E-state index in [4.69, 9.17) is 16.3 Å². The molecule has 0 aliphatic carbocycles. The molecule has 5 rings (SSSR count). The number of ether oxygens (including phenoxy) is 1. The second kappa shape index (κ2) is 11.9. The van der Waals surface area contributed by atoms with Crippen molar-refractivity contribution in [3.63, 3.8) is 0 Å². The minimum absolute atomic E-state index is 0.0584. The number of fused-ring (bicyclic) bond motifs is 1. The van der Waals surface area contributed by atoms with E-state index in [0.717, 1.165) is 24.0 Å². The predicted molar refractivity (Wildman–Crippen MR) is 148 cm³/mol. The van der Waals surface area contributed by atoms with E-state index in [1.807, 2.05) is 31.2 Å². The first kappa shape index (κ1) is 27.9. The molecule has 2 aromatic carbocycles. The van der Waals surface area contributed by atoms with Gasteiger partial charge in [0.15, 0.2) is 0 Å². The molecule has 0 bridgehead atoms. The highest BCUT2D eigenvalue weighted by atomic mass is 35.5. The van der Waals surface area contributed by atoms with E-state index >= 15 is 4.39 Å². The number of amides is 2.